The molecule has 0 aliphatic carbocycles. The first-order chi connectivity index (χ1) is 9.13. The third kappa shape index (κ3) is 3.28. The summed E-state index contributed by atoms with van der Waals surface area (Å²) in [5.41, 5.74) is 6.21. The highest BCUT2D eigenvalue weighted by Crippen LogP contribution is 2.31. The zero-order chi connectivity index (χ0) is 13.8. The SMILES string of the molecule is Cc1ccccc1CC(NN)c1cccc(Cl)c1Cl. The van der Waals surface area contributed by atoms with Crippen molar-refractivity contribution in [1.82, 2.24) is 5.43 Å². The van der Waals surface area contributed by atoms with E-state index in [1.807, 2.05) is 24.3 Å². The molecule has 0 spiro atoms. The molecule has 0 aliphatic rings. The zero-order valence-electron chi connectivity index (χ0n) is 10.7. The maximum absolute atomic E-state index is 6.25. The first-order valence-electron chi connectivity index (χ1n) is 6.08. The van der Waals surface area contributed by atoms with E-state index in [4.69, 9.17) is 29.0 Å². The third-order valence-electron chi connectivity index (χ3n) is 3.24. The van der Waals surface area contributed by atoms with Gasteiger partial charge in [0.15, 0.2) is 0 Å². The lowest BCUT2D eigenvalue weighted by molar-refractivity contribution is 0.551. The van der Waals surface area contributed by atoms with Crippen LogP contribution in [0.2, 0.25) is 10.0 Å². The molecule has 0 aromatic heterocycles. The molecule has 1 unspecified atom stereocenters. The number of hydrogen-bond acceptors (Lipinski definition) is 2. The Labute approximate surface area is 123 Å². The van der Waals surface area contributed by atoms with E-state index in [0.717, 1.165) is 12.0 Å². The number of hydrogen-bond donors (Lipinski definition) is 2. The number of benzene rings is 2. The number of rotatable bonds is 4. The summed E-state index contributed by atoms with van der Waals surface area (Å²) in [6, 6.07) is 13.8. The molecular formula is C15H16Cl2N2. The van der Waals surface area contributed by atoms with Crippen molar-refractivity contribution < 1.29 is 0 Å². The fraction of sp³-hybridized carbons (Fsp3) is 0.200. The highest BCUT2D eigenvalue weighted by Gasteiger charge is 2.16. The van der Waals surface area contributed by atoms with Gasteiger partial charge in [0.2, 0.25) is 0 Å². The Morgan fingerprint density at radius 2 is 1.84 bits per heavy atom. The number of nitrogens with one attached hydrogen (secondary N) is 1. The molecule has 0 heterocycles. The standard InChI is InChI=1S/C15H16Cl2N2/c1-10-5-2-3-6-11(10)9-14(19-18)12-7-4-8-13(16)15(12)17/h2-8,14,19H,9,18H2,1H3. The number of hydrazine groups is 1. The molecule has 1 atom stereocenters. The van der Waals surface area contributed by atoms with Gasteiger partial charge in [-0.05, 0) is 36.1 Å². The first kappa shape index (κ1) is 14.4. The summed E-state index contributed by atoms with van der Waals surface area (Å²) in [7, 11) is 0. The van der Waals surface area contributed by atoms with Gasteiger partial charge in [-0.3, -0.25) is 11.3 Å². The molecule has 0 radical (unpaired) electrons. The minimum Gasteiger partial charge on any atom is -0.271 e. The summed E-state index contributed by atoms with van der Waals surface area (Å²) in [5, 5.41) is 1.10. The van der Waals surface area contributed by atoms with E-state index in [1.165, 1.54) is 11.1 Å². The van der Waals surface area contributed by atoms with Crippen molar-refractivity contribution in [1.29, 1.82) is 0 Å². The predicted octanol–water partition coefficient (Wildman–Crippen LogP) is 4.05. The second-order valence-electron chi connectivity index (χ2n) is 4.49. The molecule has 19 heavy (non-hydrogen) atoms. The Balaban J connectivity index is 2.31. The van der Waals surface area contributed by atoms with Crippen molar-refractivity contribution >= 4 is 23.2 Å². The average Bonchev–Trinajstić information content (AvgIpc) is 2.41. The van der Waals surface area contributed by atoms with Gasteiger partial charge < -0.3 is 0 Å². The molecule has 0 fully saturated rings. The molecule has 2 rings (SSSR count). The van der Waals surface area contributed by atoms with Crippen LogP contribution in [0.5, 0.6) is 0 Å². The predicted molar refractivity (Wildman–Crippen MR) is 81.4 cm³/mol. The molecule has 2 aromatic carbocycles. The molecule has 0 bridgehead atoms. The maximum Gasteiger partial charge on any atom is 0.0640 e. The second kappa shape index (κ2) is 6.40. The van der Waals surface area contributed by atoms with Gasteiger partial charge in [0.05, 0.1) is 16.1 Å². The summed E-state index contributed by atoms with van der Waals surface area (Å²) in [5.74, 6) is 5.67. The lowest BCUT2D eigenvalue weighted by Crippen LogP contribution is -2.30. The third-order valence-corrected chi connectivity index (χ3v) is 4.08. The van der Waals surface area contributed by atoms with Crippen molar-refractivity contribution in [2.24, 2.45) is 5.84 Å². The average molecular weight is 295 g/mol. The molecule has 0 aliphatic heterocycles. The lowest BCUT2D eigenvalue weighted by atomic mass is 9.96. The molecule has 2 nitrogen and oxygen atoms in total. The highest BCUT2D eigenvalue weighted by molar-refractivity contribution is 6.42. The van der Waals surface area contributed by atoms with Crippen LogP contribution in [-0.2, 0) is 6.42 Å². The summed E-state index contributed by atoms with van der Waals surface area (Å²) < 4.78 is 0. The first-order valence-corrected chi connectivity index (χ1v) is 6.83. The maximum atomic E-state index is 6.25. The van der Waals surface area contributed by atoms with Crippen LogP contribution in [0.15, 0.2) is 42.5 Å². The van der Waals surface area contributed by atoms with E-state index in [0.29, 0.717) is 10.0 Å². The van der Waals surface area contributed by atoms with Gasteiger partial charge in [-0.15, -0.1) is 0 Å². The van der Waals surface area contributed by atoms with E-state index in [-0.39, 0.29) is 6.04 Å². The second-order valence-corrected chi connectivity index (χ2v) is 5.28. The molecule has 0 saturated carbocycles. The number of halogens is 2. The van der Waals surface area contributed by atoms with Crippen LogP contribution in [0.4, 0.5) is 0 Å². The van der Waals surface area contributed by atoms with E-state index in [2.05, 4.69) is 24.5 Å². The van der Waals surface area contributed by atoms with Gasteiger partial charge in [-0.2, -0.15) is 0 Å². The Morgan fingerprint density at radius 1 is 1.11 bits per heavy atom. The smallest absolute Gasteiger partial charge is 0.0640 e. The monoisotopic (exact) mass is 294 g/mol. The molecule has 2 aromatic rings. The van der Waals surface area contributed by atoms with Crippen LogP contribution in [0.25, 0.3) is 0 Å². The molecule has 4 heteroatoms. The summed E-state index contributed by atoms with van der Waals surface area (Å²) in [6.07, 6.45) is 0.767. The largest absolute Gasteiger partial charge is 0.271 e. The van der Waals surface area contributed by atoms with Crippen LogP contribution in [0.1, 0.15) is 22.7 Å². The van der Waals surface area contributed by atoms with Crippen LogP contribution in [-0.4, -0.2) is 0 Å². The molecule has 0 amide bonds. The molecular weight excluding hydrogens is 279 g/mol. The van der Waals surface area contributed by atoms with Gasteiger partial charge in [-0.25, -0.2) is 0 Å². The Bertz CT molecular complexity index is 570. The molecule has 100 valence electrons. The summed E-state index contributed by atoms with van der Waals surface area (Å²) in [4.78, 5) is 0. The number of nitrogens with two attached hydrogens (primary N) is 1. The van der Waals surface area contributed by atoms with Crippen molar-refractivity contribution in [3.05, 3.63) is 69.2 Å². The Kier molecular flexibility index (Phi) is 4.83. The number of aryl methyl sites for hydroxylation is 1. The van der Waals surface area contributed by atoms with Gasteiger partial charge >= 0.3 is 0 Å². The van der Waals surface area contributed by atoms with Gasteiger partial charge in [0.25, 0.3) is 0 Å². The summed E-state index contributed by atoms with van der Waals surface area (Å²) >= 11 is 12.3. The van der Waals surface area contributed by atoms with Crippen molar-refractivity contribution in [3.63, 3.8) is 0 Å². The fourth-order valence-corrected chi connectivity index (χ4v) is 2.55. The van der Waals surface area contributed by atoms with Crippen LogP contribution < -0.4 is 11.3 Å². The van der Waals surface area contributed by atoms with Gasteiger partial charge in [-0.1, -0.05) is 59.6 Å². The zero-order valence-corrected chi connectivity index (χ0v) is 12.2. The van der Waals surface area contributed by atoms with E-state index < -0.39 is 0 Å². The lowest BCUT2D eigenvalue weighted by Gasteiger charge is -2.19. The van der Waals surface area contributed by atoms with Crippen molar-refractivity contribution in [3.8, 4) is 0 Å². The quantitative estimate of drug-likeness (QED) is 0.659. The fourth-order valence-electron chi connectivity index (χ4n) is 2.11. The molecule has 0 saturated heterocycles. The van der Waals surface area contributed by atoms with E-state index >= 15 is 0 Å². The van der Waals surface area contributed by atoms with Gasteiger partial charge in [0.1, 0.15) is 0 Å². The Morgan fingerprint density at radius 3 is 2.53 bits per heavy atom. The molecule has 3 N–H and O–H groups in total. The minimum absolute atomic E-state index is 0.0627. The van der Waals surface area contributed by atoms with Crippen LogP contribution >= 0.6 is 23.2 Å². The van der Waals surface area contributed by atoms with E-state index in [1.54, 1.807) is 6.07 Å². The van der Waals surface area contributed by atoms with E-state index in [9.17, 15) is 0 Å². The van der Waals surface area contributed by atoms with Crippen molar-refractivity contribution in [2.45, 2.75) is 19.4 Å². The normalized spacial score (nSPS) is 12.4. The minimum atomic E-state index is -0.0627. The van der Waals surface area contributed by atoms with Crippen molar-refractivity contribution in [2.75, 3.05) is 0 Å². The summed E-state index contributed by atoms with van der Waals surface area (Å²) in [6.45, 7) is 2.09. The van der Waals surface area contributed by atoms with Crippen LogP contribution in [0, 0.1) is 6.92 Å². The van der Waals surface area contributed by atoms with Gasteiger partial charge in [0, 0.05) is 0 Å². The van der Waals surface area contributed by atoms with Crippen LogP contribution in [0.3, 0.4) is 0 Å². The highest BCUT2D eigenvalue weighted by atomic mass is 35.5. The Hall–Kier alpha value is -1.06. The topological polar surface area (TPSA) is 38.0 Å².